The van der Waals surface area contributed by atoms with Crippen molar-refractivity contribution in [2.24, 2.45) is 5.73 Å². The minimum absolute atomic E-state index is 0.00120. The molecule has 2 unspecified atom stereocenters. The summed E-state index contributed by atoms with van der Waals surface area (Å²) in [5.74, 6) is 0.217. The van der Waals surface area contributed by atoms with Crippen LogP contribution in [0, 0.1) is 10.1 Å². The number of hydrogen-bond donors (Lipinski definition) is 1. The van der Waals surface area contributed by atoms with Crippen molar-refractivity contribution in [1.82, 2.24) is 4.57 Å². The summed E-state index contributed by atoms with van der Waals surface area (Å²) in [6.45, 7) is 9.00. The Morgan fingerprint density at radius 3 is 2.69 bits per heavy atom. The first-order valence-electron chi connectivity index (χ1n) is 12.2. The van der Waals surface area contributed by atoms with Gasteiger partial charge in [-0.3, -0.25) is 10.1 Å². The lowest BCUT2D eigenvalue weighted by Gasteiger charge is -2.35. The van der Waals surface area contributed by atoms with Gasteiger partial charge in [0, 0.05) is 41.2 Å². The van der Waals surface area contributed by atoms with Gasteiger partial charge in [-0.15, -0.1) is 0 Å². The first-order chi connectivity index (χ1) is 17.0. The first kappa shape index (κ1) is 26.0. The summed E-state index contributed by atoms with van der Waals surface area (Å²) in [5.41, 5.74) is 9.42. The topological polar surface area (TPSA) is 110 Å². The minimum Gasteiger partial charge on any atom is -0.494 e. The van der Waals surface area contributed by atoms with E-state index in [1.165, 1.54) is 23.9 Å². The van der Waals surface area contributed by atoms with Gasteiger partial charge in [0.15, 0.2) is 0 Å². The van der Waals surface area contributed by atoms with Crippen LogP contribution in [0.15, 0.2) is 36.4 Å². The molecule has 3 aromatic rings. The van der Waals surface area contributed by atoms with Gasteiger partial charge < -0.3 is 19.8 Å². The third-order valence-electron chi connectivity index (χ3n) is 7.11. The minimum atomic E-state index is -0.588. The zero-order valence-electron chi connectivity index (χ0n) is 21.0. The van der Waals surface area contributed by atoms with Crippen LogP contribution in [0.3, 0.4) is 0 Å². The van der Waals surface area contributed by atoms with Gasteiger partial charge in [0.2, 0.25) is 0 Å². The highest BCUT2D eigenvalue weighted by molar-refractivity contribution is 6.33. The van der Waals surface area contributed by atoms with E-state index >= 15 is 0 Å². The Morgan fingerprint density at radius 1 is 1.31 bits per heavy atom. The van der Waals surface area contributed by atoms with Crippen molar-refractivity contribution in [3.05, 3.63) is 68.4 Å². The summed E-state index contributed by atoms with van der Waals surface area (Å²) >= 11 is 6.15. The summed E-state index contributed by atoms with van der Waals surface area (Å²) in [5, 5.41) is 12.1. The van der Waals surface area contributed by atoms with Crippen LogP contribution >= 0.6 is 11.6 Å². The molecule has 9 heteroatoms. The van der Waals surface area contributed by atoms with E-state index in [1.807, 2.05) is 13.0 Å². The molecule has 0 saturated heterocycles. The van der Waals surface area contributed by atoms with Gasteiger partial charge in [0.1, 0.15) is 11.9 Å². The summed E-state index contributed by atoms with van der Waals surface area (Å²) in [7, 11) is 0. The van der Waals surface area contributed by atoms with Crippen LogP contribution in [0.5, 0.6) is 5.75 Å². The van der Waals surface area contributed by atoms with Gasteiger partial charge in [0.05, 0.1) is 27.7 Å². The number of esters is 1. The maximum atomic E-state index is 12.9. The second-order valence-corrected chi connectivity index (χ2v) is 10.3. The van der Waals surface area contributed by atoms with Crippen molar-refractivity contribution in [1.29, 1.82) is 0 Å². The van der Waals surface area contributed by atoms with Crippen molar-refractivity contribution in [3.63, 3.8) is 0 Å². The molecule has 36 heavy (non-hydrogen) atoms. The Bertz CT molecular complexity index is 1310. The number of hydrogen-bond acceptors (Lipinski definition) is 6. The average molecular weight is 514 g/mol. The van der Waals surface area contributed by atoms with Crippen molar-refractivity contribution < 1.29 is 19.2 Å². The molecule has 0 amide bonds. The summed E-state index contributed by atoms with van der Waals surface area (Å²) in [6.07, 6.45) is 2.47. The molecule has 192 valence electrons. The molecule has 1 aliphatic carbocycles. The van der Waals surface area contributed by atoms with Crippen LogP contribution in [0.2, 0.25) is 5.02 Å². The van der Waals surface area contributed by atoms with Crippen LogP contribution in [0.4, 0.5) is 5.69 Å². The zero-order valence-corrected chi connectivity index (χ0v) is 21.8. The van der Waals surface area contributed by atoms with Crippen molar-refractivity contribution >= 4 is 34.2 Å². The van der Waals surface area contributed by atoms with E-state index in [-0.39, 0.29) is 34.0 Å². The molecule has 4 rings (SSSR count). The number of rotatable bonds is 8. The molecule has 0 bridgehead atoms. The maximum absolute atomic E-state index is 12.9. The molecule has 0 saturated carbocycles. The summed E-state index contributed by atoms with van der Waals surface area (Å²) < 4.78 is 14.1. The Balaban J connectivity index is 1.68. The van der Waals surface area contributed by atoms with Gasteiger partial charge >= 0.3 is 5.97 Å². The lowest BCUT2D eigenvalue weighted by Crippen LogP contribution is -2.44. The molecule has 8 nitrogen and oxygen atoms in total. The van der Waals surface area contributed by atoms with E-state index in [9.17, 15) is 14.9 Å². The number of fused-ring (bicyclic) bond motifs is 3. The number of halogens is 1. The zero-order chi connectivity index (χ0) is 26.2. The number of benzene rings is 2. The van der Waals surface area contributed by atoms with Crippen molar-refractivity contribution in [2.45, 2.75) is 71.1 Å². The van der Waals surface area contributed by atoms with Gasteiger partial charge in [-0.1, -0.05) is 18.5 Å². The monoisotopic (exact) mass is 513 g/mol. The van der Waals surface area contributed by atoms with Gasteiger partial charge in [-0.05, 0) is 69.9 Å². The molecule has 0 radical (unpaired) electrons. The predicted molar refractivity (Wildman–Crippen MR) is 140 cm³/mol. The van der Waals surface area contributed by atoms with Crippen LogP contribution < -0.4 is 10.5 Å². The fraction of sp³-hybridized carbons (Fsp3) is 0.444. The second-order valence-electron chi connectivity index (χ2n) is 9.92. The second kappa shape index (κ2) is 10.1. The molecular weight excluding hydrogens is 482 g/mol. The fourth-order valence-electron chi connectivity index (χ4n) is 4.78. The molecule has 1 aliphatic rings. The number of nitro benzene ring substituents is 1. The molecule has 2 aromatic carbocycles. The Morgan fingerprint density at radius 2 is 2.06 bits per heavy atom. The number of ether oxygens (including phenoxy) is 2. The smallest absolute Gasteiger partial charge is 0.339 e. The molecule has 1 heterocycles. The number of nitrogens with zero attached hydrogens (tertiary/aromatic N) is 2. The summed E-state index contributed by atoms with van der Waals surface area (Å²) in [4.78, 5) is 23.3. The van der Waals surface area contributed by atoms with Gasteiger partial charge in [-0.2, -0.15) is 0 Å². The van der Waals surface area contributed by atoms with Gasteiger partial charge in [-0.25, -0.2) is 4.79 Å². The molecule has 0 spiro atoms. The molecule has 1 aromatic heterocycles. The number of aromatic nitrogens is 1. The Labute approximate surface area is 215 Å². The molecule has 2 atom stereocenters. The first-order valence-corrected chi connectivity index (χ1v) is 12.6. The van der Waals surface area contributed by atoms with Crippen molar-refractivity contribution in [2.75, 3.05) is 6.61 Å². The fourth-order valence-corrected chi connectivity index (χ4v) is 5.03. The normalized spacial score (nSPS) is 16.4. The Kier molecular flexibility index (Phi) is 7.29. The van der Waals surface area contributed by atoms with E-state index in [1.54, 1.807) is 0 Å². The van der Waals surface area contributed by atoms with E-state index in [2.05, 4.69) is 37.5 Å². The highest BCUT2D eigenvalue weighted by atomic mass is 35.5. The van der Waals surface area contributed by atoms with E-state index in [0.717, 1.165) is 35.1 Å². The SMILES string of the molecule is CCCOc1ccc2c(c1)c1c(n2C(C)(C)C(C)N)CCC(OC(=O)c2ccc([N+](=O)[O-])cc2Cl)C1. The van der Waals surface area contributed by atoms with E-state index < -0.39 is 10.9 Å². The number of carbonyl (C=O) groups excluding carboxylic acids is 1. The number of carbonyl (C=O) groups is 1. The van der Waals surface area contributed by atoms with Crippen LogP contribution in [-0.2, 0) is 23.1 Å². The lowest BCUT2D eigenvalue weighted by atomic mass is 9.91. The van der Waals surface area contributed by atoms with Gasteiger partial charge in [0.25, 0.3) is 5.69 Å². The average Bonchev–Trinajstić information content (AvgIpc) is 3.16. The van der Waals surface area contributed by atoms with Crippen LogP contribution in [-0.4, -0.2) is 34.2 Å². The number of nitro groups is 1. The van der Waals surface area contributed by atoms with E-state index in [0.29, 0.717) is 19.4 Å². The lowest BCUT2D eigenvalue weighted by molar-refractivity contribution is -0.384. The maximum Gasteiger partial charge on any atom is 0.339 e. The predicted octanol–water partition coefficient (Wildman–Crippen LogP) is 5.79. The Hall–Kier alpha value is -3.10. The quantitative estimate of drug-likeness (QED) is 0.232. The summed E-state index contributed by atoms with van der Waals surface area (Å²) in [6, 6.07) is 9.81. The standard InChI is InChI=1S/C27H32ClN3O5/c1-5-12-35-18-7-10-24-21(14-18)22-15-19(8-11-25(22)30(24)27(3,4)16(2)29)36-26(32)20-9-6-17(31(33)34)13-23(20)28/h6-7,9-10,13-14,16,19H,5,8,11-12,15,29H2,1-4H3. The molecule has 2 N–H and O–H groups in total. The molecular formula is C27H32ClN3O5. The van der Waals surface area contributed by atoms with E-state index in [4.69, 9.17) is 26.8 Å². The third-order valence-corrected chi connectivity index (χ3v) is 7.42. The highest BCUT2D eigenvalue weighted by Crippen LogP contribution is 2.39. The largest absolute Gasteiger partial charge is 0.494 e. The number of nitrogens with two attached hydrogens (primary N) is 1. The third kappa shape index (κ3) is 4.80. The highest BCUT2D eigenvalue weighted by Gasteiger charge is 2.35. The van der Waals surface area contributed by atoms with Crippen LogP contribution in [0.1, 0.15) is 62.2 Å². The molecule has 0 aliphatic heterocycles. The number of non-ortho nitro benzene ring substituents is 1. The van der Waals surface area contributed by atoms with Crippen molar-refractivity contribution in [3.8, 4) is 5.75 Å². The molecule has 0 fully saturated rings. The van der Waals surface area contributed by atoms with Crippen LogP contribution in [0.25, 0.3) is 10.9 Å².